The maximum absolute atomic E-state index is 6.09. The van der Waals surface area contributed by atoms with Crippen molar-refractivity contribution in [3.8, 4) is 5.69 Å². The molecule has 108 valence electrons. The largest absolute Gasteiger partial charge is 0.378 e. The van der Waals surface area contributed by atoms with E-state index in [4.69, 9.17) is 11.6 Å². The lowest BCUT2D eigenvalue weighted by Crippen LogP contribution is -2.04. The lowest BCUT2D eigenvalue weighted by molar-refractivity contribution is 0.878. The van der Waals surface area contributed by atoms with E-state index < -0.39 is 0 Å². The van der Waals surface area contributed by atoms with E-state index in [0.29, 0.717) is 11.6 Å². The monoisotopic (exact) mass is 446 g/mol. The Morgan fingerprint density at radius 3 is 2.81 bits per heavy atom. The molecule has 0 atom stereocenters. The van der Waals surface area contributed by atoms with E-state index in [0.717, 1.165) is 19.6 Å². The predicted molar refractivity (Wildman–Crippen MR) is 93.4 cm³/mol. The molecule has 0 aliphatic heterocycles. The van der Waals surface area contributed by atoms with E-state index in [9.17, 15) is 0 Å². The average Bonchev–Trinajstić information content (AvgIpc) is 3.08. The third-order valence-corrected chi connectivity index (χ3v) is 6.26. The summed E-state index contributed by atoms with van der Waals surface area (Å²) in [5, 5.41) is 8.23. The quantitative estimate of drug-likeness (QED) is 0.603. The summed E-state index contributed by atoms with van der Waals surface area (Å²) < 4.78 is 3.85. The molecule has 0 fully saturated rings. The van der Waals surface area contributed by atoms with Crippen LogP contribution >= 0.6 is 54.8 Å². The number of rotatable bonds is 4. The van der Waals surface area contributed by atoms with Gasteiger partial charge in [0.15, 0.2) is 0 Å². The van der Waals surface area contributed by atoms with Crippen LogP contribution in [0.2, 0.25) is 5.02 Å². The topological polar surface area (TPSA) is 42.7 Å². The molecule has 1 aromatic carbocycles. The standard InChI is InChI=1S/C13H9Br2ClN4S/c14-10-4-9(21-13(10)15)5-18-11-3-8(16)1-2-12(11)20-7-17-6-19-20/h1-4,6-7,18H,5H2. The summed E-state index contributed by atoms with van der Waals surface area (Å²) >= 11 is 14.8. The second-order valence-electron chi connectivity index (χ2n) is 4.19. The van der Waals surface area contributed by atoms with Crippen molar-refractivity contribution in [2.24, 2.45) is 0 Å². The third kappa shape index (κ3) is 3.48. The van der Waals surface area contributed by atoms with Crippen molar-refractivity contribution in [3.05, 3.63) is 55.1 Å². The van der Waals surface area contributed by atoms with E-state index in [1.165, 1.54) is 11.2 Å². The van der Waals surface area contributed by atoms with E-state index in [2.05, 4.69) is 53.3 Å². The van der Waals surface area contributed by atoms with E-state index >= 15 is 0 Å². The first-order chi connectivity index (χ1) is 10.1. The van der Waals surface area contributed by atoms with Crippen LogP contribution in [0, 0.1) is 0 Å². The van der Waals surface area contributed by atoms with Gasteiger partial charge in [-0.1, -0.05) is 11.6 Å². The van der Waals surface area contributed by atoms with Gasteiger partial charge in [0.2, 0.25) is 0 Å². The summed E-state index contributed by atoms with van der Waals surface area (Å²) in [7, 11) is 0. The fourth-order valence-corrected chi connectivity index (χ4v) is 4.13. The molecular formula is C13H9Br2ClN4S. The fourth-order valence-electron chi connectivity index (χ4n) is 1.84. The zero-order valence-electron chi connectivity index (χ0n) is 10.6. The van der Waals surface area contributed by atoms with Gasteiger partial charge in [-0.25, -0.2) is 9.67 Å². The van der Waals surface area contributed by atoms with Crippen molar-refractivity contribution in [3.63, 3.8) is 0 Å². The van der Waals surface area contributed by atoms with E-state index in [-0.39, 0.29) is 0 Å². The molecule has 3 rings (SSSR count). The third-order valence-electron chi connectivity index (χ3n) is 2.77. The lowest BCUT2D eigenvalue weighted by Gasteiger charge is -2.11. The molecule has 2 heterocycles. The highest BCUT2D eigenvalue weighted by molar-refractivity contribution is 9.13. The Kier molecular flexibility index (Phi) is 4.63. The van der Waals surface area contributed by atoms with Gasteiger partial charge in [-0.2, -0.15) is 5.10 Å². The van der Waals surface area contributed by atoms with Gasteiger partial charge in [0.1, 0.15) is 12.7 Å². The number of thiophene rings is 1. The van der Waals surface area contributed by atoms with Crippen LogP contribution < -0.4 is 5.32 Å². The molecule has 0 spiro atoms. The first-order valence-corrected chi connectivity index (χ1v) is 8.73. The zero-order valence-corrected chi connectivity index (χ0v) is 15.3. The van der Waals surface area contributed by atoms with E-state index in [1.807, 2.05) is 18.2 Å². The molecule has 0 bridgehead atoms. The summed E-state index contributed by atoms with van der Waals surface area (Å²) in [6.07, 6.45) is 3.17. The number of halogens is 3. The highest BCUT2D eigenvalue weighted by Gasteiger charge is 2.08. The van der Waals surface area contributed by atoms with Crippen LogP contribution in [0.15, 0.2) is 45.2 Å². The molecule has 0 aliphatic carbocycles. The van der Waals surface area contributed by atoms with Crippen LogP contribution in [0.5, 0.6) is 0 Å². The van der Waals surface area contributed by atoms with Gasteiger partial charge in [0.25, 0.3) is 0 Å². The maximum Gasteiger partial charge on any atom is 0.138 e. The first kappa shape index (κ1) is 15.0. The fraction of sp³-hybridized carbons (Fsp3) is 0.0769. The molecule has 4 nitrogen and oxygen atoms in total. The molecule has 2 aromatic heterocycles. The van der Waals surface area contributed by atoms with Crippen molar-refractivity contribution in [1.82, 2.24) is 14.8 Å². The smallest absolute Gasteiger partial charge is 0.138 e. The molecular weight excluding hydrogens is 439 g/mol. The van der Waals surface area contributed by atoms with Crippen molar-refractivity contribution in [1.29, 1.82) is 0 Å². The molecule has 0 radical (unpaired) electrons. The molecule has 0 saturated carbocycles. The normalized spacial score (nSPS) is 10.8. The van der Waals surface area contributed by atoms with Crippen molar-refractivity contribution < 1.29 is 0 Å². The minimum Gasteiger partial charge on any atom is -0.378 e. The van der Waals surface area contributed by atoms with Gasteiger partial charge in [0, 0.05) is 20.9 Å². The number of hydrogen-bond acceptors (Lipinski definition) is 4. The molecule has 0 saturated heterocycles. The van der Waals surface area contributed by atoms with Crippen LogP contribution in [0.1, 0.15) is 4.88 Å². The van der Waals surface area contributed by atoms with Gasteiger partial charge in [0.05, 0.1) is 15.2 Å². The van der Waals surface area contributed by atoms with E-state index in [1.54, 1.807) is 22.3 Å². The molecule has 1 N–H and O–H groups in total. The Hall–Kier alpha value is -0.890. The Morgan fingerprint density at radius 1 is 1.29 bits per heavy atom. The average molecular weight is 449 g/mol. The minimum atomic E-state index is 0.676. The summed E-state index contributed by atoms with van der Waals surface area (Å²) in [5.74, 6) is 0. The van der Waals surface area contributed by atoms with Crippen molar-refractivity contribution in [2.75, 3.05) is 5.32 Å². The molecule has 21 heavy (non-hydrogen) atoms. The number of aromatic nitrogens is 3. The highest BCUT2D eigenvalue weighted by Crippen LogP contribution is 2.33. The molecule has 0 unspecified atom stereocenters. The van der Waals surface area contributed by atoms with Crippen LogP contribution in [0.3, 0.4) is 0 Å². The zero-order chi connectivity index (χ0) is 14.8. The second kappa shape index (κ2) is 6.48. The van der Waals surface area contributed by atoms with Gasteiger partial charge in [-0.3, -0.25) is 0 Å². The Balaban J connectivity index is 1.86. The van der Waals surface area contributed by atoms with Crippen LogP contribution in [0.4, 0.5) is 5.69 Å². The predicted octanol–water partition coefficient (Wildman–Crippen LogP) is 5.12. The van der Waals surface area contributed by atoms with Crippen molar-refractivity contribution in [2.45, 2.75) is 6.54 Å². The SMILES string of the molecule is Clc1ccc(-n2cncn2)c(NCc2cc(Br)c(Br)s2)c1. The molecule has 0 aliphatic rings. The first-order valence-electron chi connectivity index (χ1n) is 5.95. The number of anilines is 1. The number of benzene rings is 1. The summed E-state index contributed by atoms with van der Waals surface area (Å²) in [6, 6.07) is 7.72. The number of nitrogens with one attached hydrogen (secondary N) is 1. The Labute approximate surface area is 147 Å². The summed E-state index contributed by atoms with van der Waals surface area (Å²) in [4.78, 5) is 5.18. The Bertz CT molecular complexity index is 738. The van der Waals surface area contributed by atoms with Crippen LogP contribution in [0.25, 0.3) is 5.69 Å². The number of hydrogen-bond donors (Lipinski definition) is 1. The summed E-state index contributed by atoms with van der Waals surface area (Å²) in [6.45, 7) is 0.705. The molecule has 0 amide bonds. The van der Waals surface area contributed by atoms with Crippen molar-refractivity contribution >= 4 is 60.5 Å². The molecule has 8 heteroatoms. The Morgan fingerprint density at radius 2 is 2.14 bits per heavy atom. The van der Waals surface area contributed by atoms with Crippen LogP contribution in [-0.4, -0.2) is 14.8 Å². The lowest BCUT2D eigenvalue weighted by atomic mass is 10.2. The van der Waals surface area contributed by atoms with Gasteiger partial charge in [-0.15, -0.1) is 11.3 Å². The highest BCUT2D eigenvalue weighted by atomic mass is 79.9. The van der Waals surface area contributed by atoms with Gasteiger partial charge in [-0.05, 0) is 56.1 Å². The maximum atomic E-state index is 6.09. The minimum absolute atomic E-state index is 0.676. The number of nitrogens with zero attached hydrogens (tertiary/aromatic N) is 3. The second-order valence-corrected chi connectivity index (χ2v) is 7.93. The van der Waals surface area contributed by atoms with Crippen LogP contribution in [-0.2, 0) is 6.54 Å². The molecule has 3 aromatic rings. The van der Waals surface area contributed by atoms with Gasteiger partial charge < -0.3 is 5.32 Å². The van der Waals surface area contributed by atoms with Gasteiger partial charge >= 0.3 is 0 Å². The summed E-state index contributed by atoms with van der Waals surface area (Å²) in [5.41, 5.74) is 1.82.